The molecule has 7 heteroatoms. The molecule has 0 spiro atoms. The lowest BCUT2D eigenvalue weighted by Gasteiger charge is -2.24. The van der Waals surface area contributed by atoms with E-state index >= 15 is 0 Å². The Morgan fingerprint density at radius 1 is 1.32 bits per heavy atom. The third-order valence-electron chi connectivity index (χ3n) is 3.20. The number of rotatable bonds is 8. The second-order valence-electron chi connectivity index (χ2n) is 5.22. The van der Waals surface area contributed by atoms with Gasteiger partial charge in [-0.1, -0.05) is 12.1 Å². The third-order valence-corrected chi connectivity index (χ3v) is 4.38. The van der Waals surface area contributed by atoms with E-state index in [-0.39, 0.29) is 18.9 Å². The summed E-state index contributed by atoms with van der Waals surface area (Å²) in [7, 11) is -1.90. The molecule has 1 N–H and O–H groups in total. The van der Waals surface area contributed by atoms with Crippen LogP contribution in [0, 0.1) is 13.8 Å². The number of anilines is 1. The molecule has 0 bridgehead atoms. The minimum absolute atomic E-state index is 0.101. The Morgan fingerprint density at radius 2 is 2.00 bits per heavy atom. The predicted molar refractivity (Wildman–Crippen MR) is 87.6 cm³/mol. The van der Waals surface area contributed by atoms with Crippen LogP contribution in [-0.4, -0.2) is 47.4 Å². The zero-order chi connectivity index (χ0) is 16.8. The van der Waals surface area contributed by atoms with Crippen LogP contribution in [0.5, 0.6) is 0 Å². The van der Waals surface area contributed by atoms with Crippen molar-refractivity contribution in [1.82, 2.24) is 5.32 Å². The van der Waals surface area contributed by atoms with E-state index in [1.807, 2.05) is 32.0 Å². The highest BCUT2D eigenvalue weighted by molar-refractivity contribution is 7.92. The van der Waals surface area contributed by atoms with Crippen molar-refractivity contribution in [3.8, 4) is 0 Å². The quantitative estimate of drug-likeness (QED) is 0.728. The summed E-state index contributed by atoms with van der Waals surface area (Å²) in [5.74, 6) is -0.198. The lowest BCUT2D eigenvalue weighted by Crippen LogP contribution is -2.35. The Morgan fingerprint density at radius 3 is 2.59 bits per heavy atom. The number of aryl methyl sites for hydroxylation is 2. The van der Waals surface area contributed by atoms with Crippen LogP contribution in [0.2, 0.25) is 0 Å². The van der Waals surface area contributed by atoms with Crippen LogP contribution < -0.4 is 9.62 Å². The lowest BCUT2D eigenvalue weighted by atomic mass is 10.1. The average molecular weight is 328 g/mol. The van der Waals surface area contributed by atoms with E-state index < -0.39 is 10.0 Å². The lowest BCUT2D eigenvalue weighted by molar-refractivity contribution is -0.121. The van der Waals surface area contributed by atoms with Crippen LogP contribution in [0.3, 0.4) is 0 Å². The fraction of sp³-hybridized carbons (Fsp3) is 0.533. The van der Waals surface area contributed by atoms with Gasteiger partial charge in [0.25, 0.3) is 0 Å². The molecule has 0 aliphatic rings. The number of sulfonamides is 1. The highest BCUT2D eigenvalue weighted by Gasteiger charge is 2.20. The molecule has 0 heterocycles. The largest absolute Gasteiger partial charge is 0.383 e. The van der Waals surface area contributed by atoms with Crippen LogP contribution in [-0.2, 0) is 19.6 Å². The van der Waals surface area contributed by atoms with Gasteiger partial charge in [0.05, 0.1) is 18.6 Å². The summed E-state index contributed by atoms with van der Waals surface area (Å²) >= 11 is 0. The molecule has 1 aromatic rings. The Hall–Kier alpha value is -1.60. The van der Waals surface area contributed by atoms with Crippen molar-refractivity contribution in [2.75, 3.05) is 37.4 Å². The minimum atomic E-state index is -3.45. The standard InChI is InChI=1S/C15H24N2O4S/c1-12-5-6-13(2)14(11-12)17(22(4,19)20)9-7-15(18)16-8-10-21-3/h5-6,11H,7-10H2,1-4H3,(H,16,18). The van der Waals surface area contributed by atoms with Gasteiger partial charge < -0.3 is 10.1 Å². The van der Waals surface area contributed by atoms with Crippen molar-refractivity contribution in [3.63, 3.8) is 0 Å². The molecule has 0 aromatic heterocycles. The van der Waals surface area contributed by atoms with Crippen LogP contribution in [0.25, 0.3) is 0 Å². The second kappa shape index (κ2) is 8.14. The number of ether oxygens (including phenoxy) is 1. The number of methoxy groups -OCH3 is 1. The van der Waals surface area contributed by atoms with Crippen molar-refractivity contribution in [3.05, 3.63) is 29.3 Å². The molecule has 22 heavy (non-hydrogen) atoms. The molecule has 0 atom stereocenters. The van der Waals surface area contributed by atoms with Gasteiger partial charge in [-0.3, -0.25) is 9.10 Å². The minimum Gasteiger partial charge on any atom is -0.383 e. The molecule has 0 unspecified atom stereocenters. The van der Waals surface area contributed by atoms with Gasteiger partial charge in [0, 0.05) is 26.6 Å². The third kappa shape index (κ3) is 5.65. The molecule has 0 saturated heterocycles. The monoisotopic (exact) mass is 328 g/mol. The second-order valence-corrected chi connectivity index (χ2v) is 7.12. The number of benzene rings is 1. The molecule has 0 aliphatic heterocycles. The highest BCUT2D eigenvalue weighted by atomic mass is 32.2. The molecule has 0 radical (unpaired) electrons. The number of hydrogen-bond acceptors (Lipinski definition) is 4. The van der Waals surface area contributed by atoms with Gasteiger partial charge >= 0.3 is 0 Å². The molecular weight excluding hydrogens is 304 g/mol. The Bertz CT molecular complexity index is 614. The SMILES string of the molecule is COCCNC(=O)CCN(c1cc(C)ccc1C)S(C)(=O)=O. The molecule has 1 amide bonds. The zero-order valence-corrected chi connectivity index (χ0v) is 14.4. The van der Waals surface area contributed by atoms with Crippen LogP contribution in [0.1, 0.15) is 17.5 Å². The van der Waals surface area contributed by atoms with Gasteiger partial charge in [-0.25, -0.2) is 8.42 Å². The van der Waals surface area contributed by atoms with E-state index in [9.17, 15) is 13.2 Å². The molecular formula is C15H24N2O4S. The first kappa shape index (κ1) is 18.4. The van der Waals surface area contributed by atoms with E-state index in [0.29, 0.717) is 18.8 Å². The van der Waals surface area contributed by atoms with Crippen LogP contribution >= 0.6 is 0 Å². The summed E-state index contributed by atoms with van der Waals surface area (Å²) in [4.78, 5) is 11.7. The zero-order valence-electron chi connectivity index (χ0n) is 13.5. The number of carbonyl (C=O) groups excluding carboxylic acids is 1. The van der Waals surface area contributed by atoms with Gasteiger partial charge in [0.2, 0.25) is 15.9 Å². The number of nitrogens with one attached hydrogen (secondary N) is 1. The average Bonchev–Trinajstić information content (AvgIpc) is 2.41. The topological polar surface area (TPSA) is 75.7 Å². The van der Waals surface area contributed by atoms with Gasteiger partial charge in [0.15, 0.2) is 0 Å². The molecule has 6 nitrogen and oxygen atoms in total. The summed E-state index contributed by atoms with van der Waals surface area (Å²) in [6.07, 6.45) is 1.25. The molecule has 124 valence electrons. The fourth-order valence-corrected chi connectivity index (χ4v) is 3.01. The normalized spacial score (nSPS) is 11.3. The summed E-state index contributed by atoms with van der Waals surface area (Å²) < 4.78 is 30.2. The Balaban J connectivity index is 2.83. The van der Waals surface area contributed by atoms with E-state index in [1.165, 1.54) is 4.31 Å². The van der Waals surface area contributed by atoms with Crippen molar-refractivity contribution in [2.24, 2.45) is 0 Å². The van der Waals surface area contributed by atoms with Gasteiger partial charge in [0.1, 0.15) is 0 Å². The Kier molecular flexibility index (Phi) is 6.83. The maximum atomic E-state index is 12.0. The number of hydrogen-bond donors (Lipinski definition) is 1. The van der Waals surface area contributed by atoms with Gasteiger partial charge in [-0.05, 0) is 31.0 Å². The Labute approximate surface area is 132 Å². The van der Waals surface area contributed by atoms with Crippen molar-refractivity contribution < 1.29 is 17.9 Å². The molecule has 0 fully saturated rings. The summed E-state index contributed by atoms with van der Waals surface area (Å²) in [5, 5.41) is 2.68. The van der Waals surface area contributed by atoms with Gasteiger partial charge in [-0.2, -0.15) is 0 Å². The van der Waals surface area contributed by atoms with Crippen LogP contribution in [0.15, 0.2) is 18.2 Å². The van der Waals surface area contributed by atoms with Crippen LogP contribution in [0.4, 0.5) is 5.69 Å². The van der Waals surface area contributed by atoms with Gasteiger partial charge in [-0.15, -0.1) is 0 Å². The summed E-state index contributed by atoms with van der Waals surface area (Å²) in [6.45, 7) is 4.71. The first-order valence-corrected chi connectivity index (χ1v) is 8.91. The number of amides is 1. The number of carbonyl (C=O) groups is 1. The number of nitrogens with zero attached hydrogens (tertiary/aromatic N) is 1. The fourth-order valence-electron chi connectivity index (χ4n) is 2.04. The summed E-state index contributed by atoms with van der Waals surface area (Å²) in [5.41, 5.74) is 2.45. The maximum Gasteiger partial charge on any atom is 0.232 e. The smallest absolute Gasteiger partial charge is 0.232 e. The maximum absolute atomic E-state index is 12.0. The highest BCUT2D eigenvalue weighted by Crippen LogP contribution is 2.24. The van der Waals surface area contributed by atoms with E-state index in [0.717, 1.165) is 17.4 Å². The van der Waals surface area contributed by atoms with Crippen molar-refractivity contribution >= 4 is 21.6 Å². The molecule has 1 aromatic carbocycles. The summed E-state index contributed by atoms with van der Waals surface area (Å²) in [6, 6.07) is 5.62. The molecule has 0 saturated carbocycles. The predicted octanol–water partition coefficient (Wildman–Crippen LogP) is 1.22. The first-order valence-electron chi connectivity index (χ1n) is 7.06. The molecule has 1 rings (SSSR count). The van der Waals surface area contributed by atoms with Crippen molar-refractivity contribution in [1.29, 1.82) is 0 Å². The molecule has 0 aliphatic carbocycles. The van der Waals surface area contributed by atoms with E-state index in [4.69, 9.17) is 4.74 Å². The van der Waals surface area contributed by atoms with Crippen molar-refractivity contribution in [2.45, 2.75) is 20.3 Å². The first-order chi connectivity index (χ1) is 10.3. The van der Waals surface area contributed by atoms with E-state index in [2.05, 4.69) is 5.32 Å². The van der Waals surface area contributed by atoms with E-state index in [1.54, 1.807) is 7.11 Å².